The van der Waals surface area contributed by atoms with Gasteiger partial charge in [0, 0.05) is 33.6 Å². The van der Waals surface area contributed by atoms with Gasteiger partial charge in [-0.1, -0.05) is 23.2 Å². The summed E-state index contributed by atoms with van der Waals surface area (Å²) >= 11 is 12.1. The van der Waals surface area contributed by atoms with Gasteiger partial charge >= 0.3 is 11.9 Å². The third kappa shape index (κ3) is 3.55. The molecule has 1 aromatic heterocycles. The molecule has 0 saturated carbocycles. The first-order valence-electron chi connectivity index (χ1n) is 7.63. The molecule has 0 aliphatic rings. The van der Waals surface area contributed by atoms with Crippen molar-refractivity contribution in [1.29, 1.82) is 0 Å². The number of aromatic nitrogens is 1. The summed E-state index contributed by atoms with van der Waals surface area (Å²) in [7, 11) is 0. The van der Waals surface area contributed by atoms with Crippen LogP contribution in [0.25, 0.3) is 22.6 Å². The molecule has 0 spiro atoms. The first-order valence-corrected chi connectivity index (χ1v) is 8.38. The second kappa shape index (κ2) is 7.34. The molecule has 142 valence electrons. The van der Waals surface area contributed by atoms with Crippen LogP contribution in [0, 0.1) is 10.1 Å². The average molecular weight is 421 g/mol. The molecule has 0 unspecified atom stereocenters. The number of H-pyrrole nitrogens is 1. The molecule has 0 fully saturated rings. The number of nitro benzene ring substituents is 1. The molecule has 28 heavy (non-hydrogen) atoms. The van der Waals surface area contributed by atoms with Crippen LogP contribution >= 0.6 is 23.2 Å². The number of aromatic amines is 1. The Morgan fingerprint density at radius 1 is 1.11 bits per heavy atom. The summed E-state index contributed by atoms with van der Waals surface area (Å²) in [5.41, 5.74) is -0.183. The number of aromatic carboxylic acids is 1. The van der Waals surface area contributed by atoms with E-state index >= 15 is 0 Å². The summed E-state index contributed by atoms with van der Waals surface area (Å²) in [5.74, 6) is -2.66. The first-order chi connectivity index (χ1) is 13.2. The number of nitro groups is 1. The summed E-state index contributed by atoms with van der Waals surface area (Å²) in [4.78, 5) is 36.3. The fraction of sp³-hybridized carbons (Fsp3) is 0. The lowest BCUT2D eigenvalue weighted by molar-refractivity contribution is -0.384. The molecular formula is C18H10Cl2N2O6. The van der Waals surface area contributed by atoms with E-state index in [1.165, 1.54) is 24.3 Å². The van der Waals surface area contributed by atoms with E-state index in [1.54, 1.807) is 0 Å². The minimum absolute atomic E-state index is 0.0555. The highest BCUT2D eigenvalue weighted by molar-refractivity contribution is 6.39. The van der Waals surface area contributed by atoms with Gasteiger partial charge in [0.1, 0.15) is 5.69 Å². The van der Waals surface area contributed by atoms with Gasteiger partial charge in [0.2, 0.25) is 0 Å². The van der Waals surface area contributed by atoms with Crippen molar-refractivity contribution in [2.45, 2.75) is 0 Å². The zero-order valence-corrected chi connectivity index (χ0v) is 15.3. The van der Waals surface area contributed by atoms with Crippen molar-refractivity contribution in [2.75, 3.05) is 0 Å². The molecular weight excluding hydrogens is 411 g/mol. The molecule has 0 atom stereocenters. The van der Waals surface area contributed by atoms with Crippen molar-refractivity contribution < 1.29 is 24.7 Å². The fourth-order valence-electron chi connectivity index (χ4n) is 2.76. The van der Waals surface area contributed by atoms with E-state index in [2.05, 4.69) is 4.98 Å². The molecule has 1 heterocycles. The van der Waals surface area contributed by atoms with Crippen molar-refractivity contribution in [2.24, 2.45) is 0 Å². The maximum absolute atomic E-state index is 11.8. The van der Waals surface area contributed by atoms with Crippen LogP contribution in [-0.4, -0.2) is 32.1 Å². The number of carboxylic acids is 2. The predicted octanol–water partition coefficient (Wildman–Crippen LogP) is 4.71. The molecule has 0 amide bonds. The Morgan fingerprint density at radius 3 is 2.29 bits per heavy atom. The number of nitrogens with zero attached hydrogens (tertiary/aromatic N) is 1. The number of hydrogen-bond donors (Lipinski definition) is 3. The van der Waals surface area contributed by atoms with Crippen molar-refractivity contribution in [3.05, 3.63) is 73.4 Å². The van der Waals surface area contributed by atoms with Crippen molar-refractivity contribution in [3.63, 3.8) is 0 Å². The van der Waals surface area contributed by atoms with Crippen LogP contribution in [0.4, 0.5) is 5.69 Å². The van der Waals surface area contributed by atoms with Gasteiger partial charge in [-0.25, -0.2) is 9.59 Å². The molecule has 0 aliphatic heterocycles. The Labute approximate surface area is 166 Å². The SMILES string of the molecule is O=C(O)/C(=C/c1c(C(=O)O)[nH]c2cc(Cl)cc(Cl)c12)c1ccc([N+](=O)[O-])cc1. The molecule has 3 aromatic rings. The molecule has 0 bridgehead atoms. The lowest BCUT2D eigenvalue weighted by atomic mass is 10.0. The molecule has 0 aliphatic carbocycles. The van der Waals surface area contributed by atoms with E-state index in [4.69, 9.17) is 23.2 Å². The van der Waals surface area contributed by atoms with E-state index < -0.39 is 16.9 Å². The second-order valence-corrected chi connectivity index (χ2v) is 6.54. The lowest BCUT2D eigenvalue weighted by Crippen LogP contribution is -2.02. The third-order valence-electron chi connectivity index (χ3n) is 3.98. The number of carboxylic acid groups (broad SMARTS) is 2. The molecule has 3 N–H and O–H groups in total. The number of carbonyl (C=O) groups is 2. The largest absolute Gasteiger partial charge is 0.478 e. The van der Waals surface area contributed by atoms with Crippen LogP contribution in [0.3, 0.4) is 0 Å². The van der Waals surface area contributed by atoms with Gasteiger partial charge in [0.25, 0.3) is 5.69 Å². The first kappa shape index (κ1) is 19.4. The monoisotopic (exact) mass is 420 g/mol. The zero-order valence-electron chi connectivity index (χ0n) is 13.8. The topological polar surface area (TPSA) is 134 Å². The van der Waals surface area contributed by atoms with Crippen molar-refractivity contribution in [3.8, 4) is 0 Å². The van der Waals surface area contributed by atoms with Gasteiger partial charge in [-0.05, 0) is 35.9 Å². The van der Waals surface area contributed by atoms with Crippen LogP contribution in [0.5, 0.6) is 0 Å². The average Bonchev–Trinajstić information content (AvgIpc) is 2.98. The third-order valence-corrected chi connectivity index (χ3v) is 4.49. The highest BCUT2D eigenvalue weighted by Gasteiger charge is 2.21. The van der Waals surface area contributed by atoms with Crippen molar-refractivity contribution in [1.82, 2.24) is 4.98 Å². The molecule has 10 heteroatoms. The number of rotatable bonds is 5. The maximum Gasteiger partial charge on any atom is 0.352 e. The van der Waals surface area contributed by atoms with Gasteiger partial charge in [0.05, 0.1) is 15.5 Å². The van der Waals surface area contributed by atoms with Crippen LogP contribution in [0.1, 0.15) is 21.6 Å². The minimum Gasteiger partial charge on any atom is -0.478 e. The molecule has 3 rings (SSSR count). The van der Waals surface area contributed by atoms with Gasteiger partial charge in [0.15, 0.2) is 0 Å². The van der Waals surface area contributed by atoms with E-state index in [0.717, 1.165) is 18.2 Å². The lowest BCUT2D eigenvalue weighted by Gasteiger charge is -2.04. The number of nitrogens with one attached hydrogen (secondary N) is 1. The normalized spacial score (nSPS) is 11.6. The summed E-state index contributed by atoms with van der Waals surface area (Å²) in [6, 6.07) is 7.74. The Balaban J connectivity index is 2.27. The Hall–Kier alpha value is -3.36. The Morgan fingerprint density at radius 2 is 1.75 bits per heavy atom. The van der Waals surface area contributed by atoms with E-state index in [9.17, 15) is 29.9 Å². The van der Waals surface area contributed by atoms with Gasteiger partial charge < -0.3 is 15.2 Å². The van der Waals surface area contributed by atoms with Crippen LogP contribution in [-0.2, 0) is 4.79 Å². The van der Waals surface area contributed by atoms with E-state index in [0.29, 0.717) is 10.9 Å². The smallest absolute Gasteiger partial charge is 0.352 e. The number of fused-ring (bicyclic) bond motifs is 1. The summed E-state index contributed by atoms with van der Waals surface area (Å²) in [5, 5.41) is 30.6. The zero-order chi connectivity index (χ0) is 20.6. The van der Waals surface area contributed by atoms with E-state index in [1.807, 2.05) is 0 Å². The Bertz CT molecular complexity index is 1170. The van der Waals surface area contributed by atoms with Crippen LogP contribution in [0.2, 0.25) is 10.0 Å². The highest BCUT2D eigenvalue weighted by Crippen LogP contribution is 2.35. The number of benzene rings is 2. The summed E-state index contributed by atoms with van der Waals surface area (Å²) < 4.78 is 0. The van der Waals surface area contributed by atoms with Gasteiger partial charge in [-0.15, -0.1) is 0 Å². The fourth-order valence-corrected chi connectivity index (χ4v) is 3.36. The second-order valence-electron chi connectivity index (χ2n) is 5.70. The highest BCUT2D eigenvalue weighted by atomic mass is 35.5. The predicted molar refractivity (Wildman–Crippen MR) is 104 cm³/mol. The molecule has 0 radical (unpaired) electrons. The van der Waals surface area contributed by atoms with E-state index in [-0.39, 0.29) is 38.1 Å². The summed E-state index contributed by atoms with van der Waals surface area (Å²) in [6.07, 6.45) is 1.16. The number of non-ortho nitro benzene ring substituents is 1. The number of hydrogen-bond acceptors (Lipinski definition) is 4. The Kier molecular flexibility index (Phi) is 5.08. The quantitative estimate of drug-likeness (QED) is 0.311. The molecule has 2 aromatic carbocycles. The summed E-state index contributed by atoms with van der Waals surface area (Å²) in [6.45, 7) is 0. The van der Waals surface area contributed by atoms with Crippen LogP contribution < -0.4 is 0 Å². The standard InChI is InChI=1S/C18H10Cl2N2O6/c19-9-5-13(20)15-12(16(18(25)26)21-14(15)6-9)7-11(17(23)24)8-1-3-10(4-2-8)22(27)28/h1-7,21H,(H,23,24)(H,25,26)/b11-7+. The van der Waals surface area contributed by atoms with Crippen LogP contribution in [0.15, 0.2) is 36.4 Å². The molecule has 8 nitrogen and oxygen atoms in total. The number of halogens is 2. The van der Waals surface area contributed by atoms with Gasteiger partial charge in [-0.3, -0.25) is 10.1 Å². The maximum atomic E-state index is 11.8. The number of aliphatic carboxylic acids is 1. The molecule has 0 saturated heterocycles. The van der Waals surface area contributed by atoms with Gasteiger partial charge in [-0.2, -0.15) is 0 Å². The minimum atomic E-state index is -1.34. The van der Waals surface area contributed by atoms with Crippen molar-refractivity contribution >= 4 is 63.4 Å².